The standard InChI is InChI=1S/C17H21NO3/c1-3-9-15-10-5-6-11-16(15)21-13-8-7-12-18-17(19)14-20-4-2/h3,5-6,10-11H,1,4,9,12-14H2,2H3,(H,18,19). The van der Waals surface area contributed by atoms with Crippen LogP contribution in [0.2, 0.25) is 0 Å². The van der Waals surface area contributed by atoms with Crippen LogP contribution in [0.1, 0.15) is 12.5 Å². The maximum absolute atomic E-state index is 11.2. The summed E-state index contributed by atoms with van der Waals surface area (Å²) in [6, 6.07) is 7.79. The third-order valence-electron chi connectivity index (χ3n) is 2.57. The van der Waals surface area contributed by atoms with Gasteiger partial charge >= 0.3 is 0 Å². The second kappa shape index (κ2) is 10.5. The molecule has 0 radical (unpaired) electrons. The van der Waals surface area contributed by atoms with Crippen LogP contribution in [0.25, 0.3) is 0 Å². The highest BCUT2D eigenvalue weighted by atomic mass is 16.5. The van der Waals surface area contributed by atoms with E-state index in [0.29, 0.717) is 13.2 Å². The molecule has 0 aromatic heterocycles. The van der Waals surface area contributed by atoms with Gasteiger partial charge in [0.25, 0.3) is 0 Å². The van der Waals surface area contributed by atoms with Gasteiger partial charge in [0.05, 0.1) is 6.54 Å². The van der Waals surface area contributed by atoms with Crippen molar-refractivity contribution in [3.63, 3.8) is 0 Å². The fourth-order valence-electron chi connectivity index (χ4n) is 1.58. The Morgan fingerprint density at radius 2 is 2.19 bits per heavy atom. The van der Waals surface area contributed by atoms with Crippen LogP contribution in [0.4, 0.5) is 0 Å². The third-order valence-corrected chi connectivity index (χ3v) is 2.57. The molecule has 0 atom stereocenters. The van der Waals surface area contributed by atoms with Gasteiger partial charge in [-0.05, 0) is 25.0 Å². The summed E-state index contributed by atoms with van der Waals surface area (Å²) in [5, 5.41) is 2.64. The Morgan fingerprint density at radius 1 is 1.38 bits per heavy atom. The van der Waals surface area contributed by atoms with Crippen molar-refractivity contribution in [2.24, 2.45) is 0 Å². The van der Waals surface area contributed by atoms with Gasteiger partial charge in [0.1, 0.15) is 19.0 Å². The average molecular weight is 287 g/mol. The lowest BCUT2D eigenvalue weighted by Crippen LogP contribution is -2.27. The molecule has 112 valence electrons. The Labute approximate surface area is 126 Å². The molecule has 21 heavy (non-hydrogen) atoms. The number of amides is 1. The Balaban J connectivity index is 2.29. The van der Waals surface area contributed by atoms with E-state index < -0.39 is 0 Å². The lowest BCUT2D eigenvalue weighted by atomic mass is 10.1. The molecule has 0 unspecified atom stereocenters. The number of carbonyl (C=O) groups is 1. The summed E-state index contributed by atoms with van der Waals surface area (Å²) in [5.74, 6) is 6.34. The molecule has 1 N–H and O–H groups in total. The first-order valence-corrected chi connectivity index (χ1v) is 6.89. The molecular weight excluding hydrogens is 266 g/mol. The first kappa shape index (κ1) is 16.8. The van der Waals surface area contributed by atoms with Gasteiger partial charge in [-0.2, -0.15) is 0 Å². The van der Waals surface area contributed by atoms with Gasteiger partial charge in [-0.25, -0.2) is 0 Å². The van der Waals surface area contributed by atoms with Crippen LogP contribution in [0, 0.1) is 11.8 Å². The molecule has 0 spiro atoms. The van der Waals surface area contributed by atoms with E-state index in [2.05, 4.69) is 23.7 Å². The van der Waals surface area contributed by atoms with Crippen molar-refractivity contribution in [2.75, 3.05) is 26.4 Å². The van der Waals surface area contributed by atoms with E-state index in [1.165, 1.54) is 0 Å². The topological polar surface area (TPSA) is 47.6 Å². The van der Waals surface area contributed by atoms with E-state index in [0.717, 1.165) is 17.7 Å². The first-order valence-electron chi connectivity index (χ1n) is 6.89. The van der Waals surface area contributed by atoms with Gasteiger partial charge in [0, 0.05) is 6.61 Å². The molecule has 0 saturated heterocycles. The zero-order valence-corrected chi connectivity index (χ0v) is 12.4. The number of hydrogen-bond acceptors (Lipinski definition) is 3. The van der Waals surface area contributed by atoms with E-state index in [-0.39, 0.29) is 19.1 Å². The lowest BCUT2D eigenvalue weighted by molar-refractivity contribution is -0.125. The highest BCUT2D eigenvalue weighted by molar-refractivity contribution is 5.77. The molecule has 1 aromatic rings. The molecule has 0 aliphatic carbocycles. The van der Waals surface area contributed by atoms with E-state index in [9.17, 15) is 4.79 Å². The van der Waals surface area contributed by atoms with Crippen LogP contribution in [0.15, 0.2) is 36.9 Å². The van der Waals surface area contributed by atoms with Crippen LogP contribution in [0.5, 0.6) is 5.75 Å². The van der Waals surface area contributed by atoms with Crippen LogP contribution in [-0.4, -0.2) is 32.3 Å². The largest absolute Gasteiger partial charge is 0.481 e. The normalized spacial score (nSPS) is 9.38. The van der Waals surface area contributed by atoms with Crippen molar-refractivity contribution in [3.8, 4) is 17.6 Å². The number of nitrogens with one attached hydrogen (secondary N) is 1. The summed E-state index contributed by atoms with van der Waals surface area (Å²) in [4.78, 5) is 11.2. The molecule has 0 fully saturated rings. The summed E-state index contributed by atoms with van der Waals surface area (Å²) in [5.41, 5.74) is 1.08. The number of ether oxygens (including phenoxy) is 2. The van der Waals surface area contributed by atoms with Crippen LogP contribution in [-0.2, 0) is 16.0 Å². The number of rotatable bonds is 8. The Bertz CT molecular complexity index is 514. The van der Waals surface area contributed by atoms with Crippen molar-refractivity contribution in [2.45, 2.75) is 13.3 Å². The maximum Gasteiger partial charge on any atom is 0.246 e. The second-order valence-electron chi connectivity index (χ2n) is 4.16. The molecule has 1 amide bonds. The van der Waals surface area contributed by atoms with E-state index in [4.69, 9.17) is 9.47 Å². The van der Waals surface area contributed by atoms with Gasteiger partial charge in [-0.1, -0.05) is 36.1 Å². The first-order chi connectivity index (χ1) is 10.3. The Hall–Kier alpha value is -2.25. The van der Waals surface area contributed by atoms with Crippen molar-refractivity contribution < 1.29 is 14.3 Å². The lowest BCUT2D eigenvalue weighted by Gasteiger charge is -2.07. The Kier molecular flexibility index (Phi) is 8.42. The summed E-state index contributed by atoms with van der Waals surface area (Å²) in [6.45, 7) is 6.74. The highest BCUT2D eigenvalue weighted by Gasteiger charge is 1.99. The van der Waals surface area contributed by atoms with Gasteiger partial charge < -0.3 is 14.8 Å². The van der Waals surface area contributed by atoms with Crippen LogP contribution in [0.3, 0.4) is 0 Å². The molecule has 0 bridgehead atoms. The summed E-state index contributed by atoms with van der Waals surface area (Å²) in [7, 11) is 0. The summed E-state index contributed by atoms with van der Waals surface area (Å²) < 4.78 is 10.6. The summed E-state index contributed by atoms with van der Waals surface area (Å²) >= 11 is 0. The molecule has 0 aliphatic rings. The second-order valence-corrected chi connectivity index (χ2v) is 4.16. The van der Waals surface area contributed by atoms with Gasteiger partial charge in [-0.3, -0.25) is 4.79 Å². The van der Waals surface area contributed by atoms with Gasteiger partial charge in [0.15, 0.2) is 0 Å². The molecule has 0 heterocycles. The van der Waals surface area contributed by atoms with Crippen molar-refractivity contribution in [3.05, 3.63) is 42.5 Å². The van der Waals surface area contributed by atoms with Crippen molar-refractivity contribution >= 4 is 5.91 Å². The van der Waals surface area contributed by atoms with Gasteiger partial charge in [-0.15, -0.1) is 6.58 Å². The minimum Gasteiger partial charge on any atom is -0.481 e. The molecule has 1 rings (SSSR count). The van der Waals surface area contributed by atoms with E-state index >= 15 is 0 Å². The van der Waals surface area contributed by atoms with Crippen molar-refractivity contribution in [1.82, 2.24) is 5.32 Å². The third kappa shape index (κ3) is 7.19. The SMILES string of the molecule is C=CCc1ccccc1OCC#CCNC(=O)COCC. The zero-order chi connectivity index (χ0) is 15.3. The van der Waals surface area contributed by atoms with Crippen LogP contribution < -0.4 is 10.1 Å². The fraction of sp³-hybridized carbons (Fsp3) is 0.353. The molecule has 0 aliphatic heterocycles. The molecular formula is C17H21NO3. The van der Waals surface area contributed by atoms with E-state index in [1.807, 2.05) is 37.3 Å². The maximum atomic E-state index is 11.2. The molecule has 4 heteroatoms. The predicted molar refractivity (Wildman–Crippen MR) is 83.1 cm³/mol. The number of benzene rings is 1. The highest BCUT2D eigenvalue weighted by Crippen LogP contribution is 2.18. The minimum atomic E-state index is -0.164. The van der Waals surface area contributed by atoms with Crippen LogP contribution >= 0.6 is 0 Å². The zero-order valence-electron chi connectivity index (χ0n) is 12.4. The number of para-hydroxylation sites is 1. The molecule has 0 saturated carbocycles. The van der Waals surface area contributed by atoms with Gasteiger partial charge in [0.2, 0.25) is 5.91 Å². The summed E-state index contributed by atoms with van der Waals surface area (Å²) in [6.07, 6.45) is 2.60. The van der Waals surface area contributed by atoms with Crippen molar-refractivity contribution in [1.29, 1.82) is 0 Å². The number of carbonyl (C=O) groups excluding carboxylic acids is 1. The number of allylic oxidation sites excluding steroid dienone is 1. The fourth-order valence-corrected chi connectivity index (χ4v) is 1.58. The minimum absolute atomic E-state index is 0.0730. The quantitative estimate of drug-likeness (QED) is 0.587. The monoisotopic (exact) mass is 287 g/mol. The van der Waals surface area contributed by atoms with E-state index in [1.54, 1.807) is 0 Å². The smallest absolute Gasteiger partial charge is 0.246 e. The molecule has 1 aromatic carbocycles. The predicted octanol–water partition coefficient (Wildman–Crippen LogP) is 1.95. The average Bonchev–Trinajstić information content (AvgIpc) is 2.50. The Morgan fingerprint density at radius 3 is 2.95 bits per heavy atom. The number of hydrogen-bond donors (Lipinski definition) is 1. The molecule has 4 nitrogen and oxygen atoms in total.